The van der Waals surface area contributed by atoms with Gasteiger partial charge in [0, 0.05) is 37.0 Å². The third-order valence-electron chi connectivity index (χ3n) is 4.59. The highest BCUT2D eigenvalue weighted by Gasteiger charge is 2.44. The molecule has 0 bridgehead atoms. The van der Waals surface area contributed by atoms with Gasteiger partial charge in [0.25, 0.3) is 0 Å². The Morgan fingerprint density at radius 2 is 2.19 bits per heavy atom. The van der Waals surface area contributed by atoms with Gasteiger partial charge in [-0.3, -0.25) is 4.90 Å². The molecule has 2 saturated heterocycles. The standard InChI is InChI=1S/C13H24N2S/c1-13(11-4-5-11)10-15(7-6-14-13)12-3-2-8-16-9-12/h11-12,14H,2-10H2,1H3. The quantitative estimate of drug-likeness (QED) is 0.794. The molecule has 3 rings (SSSR count). The van der Waals surface area contributed by atoms with Gasteiger partial charge in [0.15, 0.2) is 0 Å². The normalized spacial score (nSPS) is 42.2. The zero-order chi connectivity index (χ0) is 11.0. The van der Waals surface area contributed by atoms with Gasteiger partial charge >= 0.3 is 0 Å². The van der Waals surface area contributed by atoms with E-state index in [-0.39, 0.29) is 0 Å². The van der Waals surface area contributed by atoms with Crippen molar-refractivity contribution in [3.63, 3.8) is 0 Å². The number of thioether (sulfide) groups is 1. The summed E-state index contributed by atoms with van der Waals surface area (Å²) in [5.41, 5.74) is 0.431. The van der Waals surface area contributed by atoms with Crippen LogP contribution in [-0.2, 0) is 0 Å². The molecule has 92 valence electrons. The van der Waals surface area contributed by atoms with E-state index in [0.29, 0.717) is 5.54 Å². The highest BCUT2D eigenvalue weighted by molar-refractivity contribution is 7.99. The fraction of sp³-hybridized carbons (Fsp3) is 1.00. The Bertz CT molecular complexity index is 248. The molecule has 2 atom stereocenters. The Balaban J connectivity index is 1.62. The maximum atomic E-state index is 3.78. The first-order valence-corrected chi connectivity index (χ1v) is 8.00. The Morgan fingerprint density at radius 3 is 2.88 bits per heavy atom. The molecule has 16 heavy (non-hydrogen) atoms. The van der Waals surface area contributed by atoms with E-state index in [9.17, 15) is 0 Å². The molecule has 0 amide bonds. The fourth-order valence-corrected chi connectivity index (χ4v) is 4.55. The van der Waals surface area contributed by atoms with E-state index < -0.39 is 0 Å². The van der Waals surface area contributed by atoms with Gasteiger partial charge in [-0.2, -0.15) is 11.8 Å². The SMILES string of the molecule is CC1(C2CC2)CN(C2CCCSC2)CCN1. The summed E-state index contributed by atoms with van der Waals surface area (Å²) in [6.07, 6.45) is 5.78. The number of nitrogens with zero attached hydrogens (tertiary/aromatic N) is 1. The third-order valence-corrected chi connectivity index (χ3v) is 5.79. The molecule has 0 spiro atoms. The Morgan fingerprint density at radius 1 is 1.31 bits per heavy atom. The lowest BCUT2D eigenvalue weighted by Crippen LogP contribution is -2.62. The first-order chi connectivity index (χ1) is 7.78. The summed E-state index contributed by atoms with van der Waals surface area (Å²) in [6.45, 7) is 6.22. The molecule has 2 unspecified atom stereocenters. The van der Waals surface area contributed by atoms with Gasteiger partial charge in [-0.1, -0.05) is 0 Å². The molecular weight excluding hydrogens is 216 g/mol. The smallest absolute Gasteiger partial charge is 0.0309 e. The van der Waals surface area contributed by atoms with E-state index in [4.69, 9.17) is 0 Å². The fourth-order valence-electron chi connectivity index (χ4n) is 3.36. The lowest BCUT2D eigenvalue weighted by atomic mass is 9.92. The van der Waals surface area contributed by atoms with Gasteiger partial charge in [-0.05, 0) is 44.3 Å². The van der Waals surface area contributed by atoms with Crippen LogP contribution in [0.1, 0.15) is 32.6 Å². The van der Waals surface area contributed by atoms with Crippen molar-refractivity contribution in [2.45, 2.75) is 44.2 Å². The molecule has 1 aliphatic carbocycles. The van der Waals surface area contributed by atoms with Crippen LogP contribution < -0.4 is 5.32 Å². The molecule has 0 radical (unpaired) electrons. The summed E-state index contributed by atoms with van der Waals surface area (Å²) in [6, 6.07) is 0.874. The molecule has 2 heterocycles. The molecule has 3 heteroatoms. The van der Waals surface area contributed by atoms with Crippen molar-refractivity contribution in [2.75, 3.05) is 31.1 Å². The second kappa shape index (κ2) is 4.51. The van der Waals surface area contributed by atoms with Crippen LogP contribution in [0.2, 0.25) is 0 Å². The van der Waals surface area contributed by atoms with Gasteiger partial charge < -0.3 is 5.32 Å². The summed E-state index contributed by atoms with van der Waals surface area (Å²) >= 11 is 2.16. The summed E-state index contributed by atoms with van der Waals surface area (Å²) < 4.78 is 0. The minimum absolute atomic E-state index is 0.431. The van der Waals surface area contributed by atoms with Crippen molar-refractivity contribution in [2.24, 2.45) is 5.92 Å². The van der Waals surface area contributed by atoms with E-state index >= 15 is 0 Å². The van der Waals surface area contributed by atoms with Crippen molar-refractivity contribution in [1.29, 1.82) is 0 Å². The van der Waals surface area contributed by atoms with Crippen LogP contribution in [0.3, 0.4) is 0 Å². The molecular formula is C13H24N2S. The van der Waals surface area contributed by atoms with Crippen molar-refractivity contribution in [3.05, 3.63) is 0 Å². The Kier molecular flexibility index (Phi) is 3.20. The zero-order valence-corrected chi connectivity index (χ0v) is 11.2. The van der Waals surface area contributed by atoms with E-state index in [1.54, 1.807) is 0 Å². The molecule has 0 aromatic heterocycles. The minimum atomic E-state index is 0.431. The van der Waals surface area contributed by atoms with Crippen molar-refractivity contribution < 1.29 is 0 Å². The number of hydrogen-bond acceptors (Lipinski definition) is 3. The van der Waals surface area contributed by atoms with Crippen LogP contribution in [0.4, 0.5) is 0 Å². The number of hydrogen-bond donors (Lipinski definition) is 1. The molecule has 2 aliphatic heterocycles. The van der Waals surface area contributed by atoms with E-state index in [2.05, 4.69) is 28.9 Å². The lowest BCUT2D eigenvalue weighted by molar-refractivity contribution is 0.0916. The van der Waals surface area contributed by atoms with Gasteiger partial charge in [0.2, 0.25) is 0 Å². The largest absolute Gasteiger partial charge is 0.309 e. The van der Waals surface area contributed by atoms with Crippen molar-refractivity contribution in [1.82, 2.24) is 10.2 Å². The average molecular weight is 240 g/mol. The van der Waals surface area contributed by atoms with E-state index in [1.807, 2.05) is 0 Å². The second-order valence-corrected chi connectivity index (χ2v) is 7.11. The number of piperazine rings is 1. The summed E-state index contributed by atoms with van der Waals surface area (Å²) in [5.74, 6) is 3.73. The average Bonchev–Trinajstić information content (AvgIpc) is 3.14. The third kappa shape index (κ3) is 2.27. The maximum absolute atomic E-state index is 3.78. The predicted octanol–water partition coefficient (Wildman–Crippen LogP) is 1.96. The highest BCUT2D eigenvalue weighted by atomic mass is 32.2. The van der Waals surface area contributed by atoms with E-state index in [0.717, 1.165) is 12.0 Å². The minimum Gasteiger partial charge on any atom is -0.309 e. The van der Waals surface area contributed by atoms with Crippen molar-refractivity contribution in [3.8, 4) is 0 Å². The first-order valence-electron chi connectivity index (χ1n) is 6.85. The molecule has 1 N–H and O–H groups in total. The molecule has 1 saturated carbocycles. The second-order valence-electron chi connectivity index (χ2n) is 5.96. The number of nitrogens with one attached hydrogen (secondary N) is 1. The summed E-state index contributed by atoms with van der Waals surface area (Å²) in [5, 5.41) is 3.78. The molecule has 3 aliphatic rings. The predicted molar refractivity (Wildman–Crippen MR) is 71.1 cm³/mol. The Hall–Kier alpha value is 0.270. The molecule has 0 aromatic rings. The van der Waals surface area contributed by atoms with E-state index in [1.165, 1.54) is 56.8 Å². The van der Waals surface area contributed by atoms with Gasteiger partial charge in [0.05, 0.1) is 0 Å². The van der Waals surface area contributed by atoms with Crippen LogP contribution in [0.25, 0.3) is 0 Å². The Labute approximate surface area is 104 Å². The first kappa shape index (κ1) is 11.4. The summed E-state index contributed by atoms with van der Waals surface area (Å²) in [7, 11) is 0. The van der Waals surface area contributed by atoms with Crippen LogP contribution in [-0.4, -0.2) is 47.6 Å². The van der Waals surface area contributed by atoms with Gasteiger partial charge in [-0.15, -0.1) is 0 Å². The van der Waals surface area contributed by atoms with Crippen LogP contribution >= 0.6 is 11.8 Å². The maximum Gasteiger partial charge on any atom is 0.0309 e. The monoisotopic (exact) mass is 240 g/mol. The summed E-state index contributed by atoms with van der Waals surface area (Å²) in [4.78, 5) is 2.78. The van der Waals surface area contributed by atoms with Crippen LogP contribution in [0, 0.1) is 5.92 Å². The van der Waals surface area contributed by atoms with Gasteiger partial charge in [-0.25, -0.2) is 0 Å². The lowest BCUT2D eigenvalue weighted by Gasteiger charge is -2.46. The molecule has 2 nitrogen and oxygen atoms in total. The molecule has 3 fully saturated rings. The highest BCUT2D eigenvalue weighted by Crippen LogP contribution is 2.41. The van der Waals surface area contributed by atoms with Crippen LogP contribution in [0.5, 0.6) is 0 Å². The van der Waals surface area contributed by atoms with Crippen LogP contribution in [0.15, 0.2) is 0 Å². The van der Waals surface area contributed by atoms with Crippen molar-refractivity contribution >= 4 is 11.8 Å². The molecule has 0 aromatic carbocycles. The zero-order valence-electron chi connectivity index (χ0n) is 10.4. The van der Waals surface area contributed by atoms with Gasteiger partial charge in [0.1, 0.15) is 0 Å². The number of rotatable bonds is 2. The topological polar surface area (TPSA) is 15.3 Å².